The standard InChI is InChI=1S/C14H18N2O2/c1-10-14(17)16(7-6-11-8-15-9-11)12-4-2-3-5-13(12)18-10/h2-5,10-11,15H,6-9H2,1H3. The van der Waals surface area contributed by atoms with Gasteiger partial charge in [0.2, 0.25) is 0 Å². The van der Waals surface area contributed by atoms with Gasteiger partial charge in [0.15, 0.2) is 6.10 Å². The zero-order valence-corrected chi connectivity index (χ0v) is 10.6. The van der Waals surface area contributed by atoms with Gasteiger partial charge in [-0.1, -0.05) is 12.1 Å². The zero-order chi connectivity index (χ0) is 12.5. The molecular formula is C14H18N2O2. The second-order valence-electron chi connectivity index (χ2n) is 5.03. The molecule has 0 aromatic heterocycles. The third kappa shape index (κ3) is 1.97. The van der Waals surface area contributed by atoms with E-state index in [1.165, 1.54) is 0 Å². The molecule has 1 unspecified atom stereocenters. The predicted molar refractivity (Wildman–Crippen MR) is 69.9 cm³/mol. The van der Waals surface area contributed by atoms with Crippen molar-refractivity contribution in [1.82, 2.24) is 5.32 Å². The Kier molecular flexibility index (Phi) is 2.96. The summed E-state index contributed by atoms with van der Waals surface area (Å²) < 4.78 is 5.62. The lowest BCUT2D eigenvalue weighted by Gasteiger charge is -2.35. The van der Waals surface area contributed by atoms with Crippen LogP contribution in [0.25, 0.3) is 0 Å². The van der Waals surface area contributed by atoms with Crippen LogP contribution in [0.1, 0.15) is 13.3 Å². The van der Waals surface area contributed by atoms with Crippen molar-refractivity contribution < 1.29 is 9.53 Å². The normalized spacial score (nSPS) is 23.3. The minimum absolute atomic E-state index is 0.0704. The Balaban J connectivity index is 1.79. The number of nitrogens with one attached hydrogen (secondary N) is 1. The molecule has 2 aliphatic heterocycles. The number of rotatable bonds is 3. The van der Waals surface area contributed by atoms with E-state index in [-0.39, 0.29) is 12.0 Å². The Morgan fingerprint density at radius 2 is 2.17 bits per heavy atom. The van der Waals surface area contributed by atoms with Crippen LogP contribution in [0, 0.1) is 5.92 Å². The quantitative estimate of drug-likeness (QED) is 0.876. The van der Waals surface area contributed by atoms with Crippen molar-refractivity contribution in [3.05, 3.63) is 24.3 Å². The summed E-state index contributed by atoms with van der Waals surface area (Å²) in [5.41, 5.74) is 0.910. The fourth-order valence-electron chi connectivity index (χ4n) is 2.45. The maximum Gasteiger partial charge on any atom is 0.267 e. The molecule has 1 atom stereocenters. The van der Waals surface area contributed by atoms with Gasteiger partial charge in [-0.15, -0.1) is 0 Å². The summed E-state index contributed by atoms with van der Waals surface area (Å²) in [6.45, 7) is 4.76. The number of para-hydroxylation sites is 2. The topological polar surface area (TPSA) is 41.6 Å². The number of anilines is 1. The van der Waals surface area contributed by atoms with E-state index in [9.17, 15) is 4.79 Å². The predicted octanol–water partition coefficient (Wildman–Crippen LogP) is 1.41. The lowest BCUT2D eigenvalue weighted by atomic mass is 9.98. The average Bonchev–Trinajstić information content (AvgIpc) is 2.32. The Labute approximate surface area is 107 Å². The highest BCUT2D eigenvalue weighted by Gasteiger charge is 2.31. The van der Waals surface area contributed by atoms with Crippen LogP contribution in [0.3, 0.4) is 0 Å². The minimum Gasteiger partial charge on any atom is -0.479 e. The molecule has 1 aromatic carbocycles. The van der Waals surface area contributed by atoms with Gasteiger partial charge < -0.3 is 15.0 Å². The molecule has 1 N–H and O–H groups in total. The number of amides is 1. The molecule has 3 rings (SSSR count). The van der Waals surface area contributed by atoms with Crippen LogP contribution in [-0.2, 0) is 4.79 Å². The smallest absolute Gasteiger partial charge is 0.267 e. The minimum atomic E-state index is -0.376. The van der Waals surface area contributed by atoms with Gasteiger partial charge in [-0.3, -0.25) is 4.79 Å². The van der Waals surface area contributed by atoms with Crippen LogP contribution in [0.5, 0.6) is 5.75 Å². The fourth-order valence-corrected chi connectivity index (χ4v) is 2.45. The molecule has 1 amide bonds. The van der Waals surface area contributed by atoms with E-state index in [4.69, 9.17) is 4.74 Å². The number of hydrogen-bond donors (Lipinski definition) is 1. The Morgan fingerprint density at radius 1 is 1.39 bits per heavy atom. The molecule has 1 saturated heterocycles. The lowest BCUT2D eigenvalue weighted by Crippen LogP contribution is -2.48. The Bertz CT molecular complexity index is 457. The van der Waals surface area contributed by atoms with Crippen molar-refractivity contribution in [3.63, 3.8) is 0 Å². The van der Waals surface area contributed by atoms with E-state index >= 15 is 0 Å². The SMILES string of the molecule is CC1Oc2ccccc2N(CCC2CNC2)C1=O. The molecule has 1 fully saturated rings. The molecule has 4 nitrogen and oxygen atoms in total. The van der Waals surface area contributed by atoms with Crippen LogP contribution in [0.4, 0.5) is 5.69 Å². The Morgan fingerprint density at radius 3 is 2.89 bits per heavy atom. The highest BCUT2D eigenvalue weighted by atomic mass is 16.5. The van der Waals surface area contributed by atoms with Gasteiger partial charge in [0, 0.05) is 6.54 Å². The molecular weight excluding hydrogens is 228 g/mol. The number of ether oxygens (including phenoxy) is 1. The Hall–Kier alpha value is -1.55. The number of carbonyl (C=O) groups is 1. The largest absolute Gasteiger partial charge is 0.479 e. The molecule has 0 saturated carbocycles. The highest BCUT2D eigenvalue weighted by Crippen LogP contribution is 2.33. The van der Waals surface area contributed by atoms with Crippen LogP contribution < -0.4 is 15.0 Å². The van der Waals surface area contributed by atoms with Crippen LogP contribution >= 0.6 is 0 Å². The van der Waals surface area contributed by atoms with Crippen molar-refractivity contribution in [2.24, 2.45) is 5.92 Å². The molecule has 2 aliphatic rings. The van der Waals surface area contributed by atoms with E-state index in [1.807, 2.05) is 36.1 Å². The first-order valence-electron chi connectivity index (χ1n) is 6.53. The second-order valence-corrected chi connectivity index (χ2v) is 5.03. The van der Waals surface area contributed by atoms with Gasteiger partial charge in [-0.2, -0.15) is 0 Å². The fraction of sp³-hybridized carbons (Fsp3) is 0.500. The van der Waals surface area contributed by atoms with Gasteiger partial charge in [0.05, 0.1) is 5.69 Å². The molecule has 0 bridgehead atoms. The number of carbonyl (C=O) groups excluding carboxylic acids is 1. The maximum absolute atomic E-state index is 12.2. The second kappa shape index (κ2) is 4.61. The van der Waals surface area contributed by atoms with Crippen molar-refractivity contribution in [2.75, 3.05) is 24.5 Å². The van der Waals surface area contributed by atoms with Gasteiger partial charge in [-0.05, 0) is 44.5 Å². The van der Waals surface area contributed by atoms with E-state index in [1.54, 1.807) is 0 Å². The summed E-state index contributed by atoms with van der Waals surface area (Å²) in [4.78, 5) is 14.1. The number of benzene rings is 1. The third-order valence-corrected chi connectivity index (χ3v) is 3.70. The summed E-state index contributed by atoms with van der Waals surface area (Å²) in [5.74, 6) is 1.60. The van der Waals surface area contributed by atoms with Crippen LogP contribution in [0.15, 0.2) is 24.3 Å². The molecule has 0 spiro atoms. The van der Waals surface area contributed by atoms with Gasteiger partial charge in [-0.25, -0.2) is 0 Å². The number of nitrogens with zero attached hydrogens (tertiary/aromatic N) is 1. The molecule has 0 aliphatic carbocycles. The first-order chi connectivity index (χ1) is 8.75. The number of fused-ring (bicyclic) bond motifs is 1. The van der Waals surface area contributed by atoms with Crippen LogP contribution in [-0.4, -0.2) is 31.6 Å². The van der Waals surface area contributed by atoms with E-state index in [0.717, 1.165) is 37.5 Å². The van der Waals surface area contributed by atoms with Gasteiger partial charge >= 0.3 is 0 Å². The van der Waals surface area contributed by atoms with Gasteiger partial charge in [0.1, 0.15) is 5.75 Å². The first kappa shape index (κ1) is 11.5. The lowest BCUT2D eigenvalue weighted by molar-refractivity contribution is -0.125. The highest BCUT2D eigenvalue weighted by molar-refractivity contribution is 5.99. The summed E-state index contributed by atoms with van der Waals surface area (Å²) in [7, 11) is 0. The zero-order valence-electron chi connectivity index (χ0n) is 10.6. The summed E-state index contributed by atoms with van der Waals surface area (Å²) in [6.07, 6.45) is 0.680. The summed E-state index contributed by atoms with van der Waals surface area (Å²) in [5, 5.41) is 3.26. The van der Waals surface area contributed by atoms with Crippen molar-refractivity contribution >= 4 is 11.6 Å². The molecule has 2 heterocycles. The van der Waals surface area contributed by atoms with E-state index in [2.05, 4.69) is 5.32 Å². The average molecular weight is 246 g/mol. The summed E-state index contributed by atoms with van der Waals surface area (Å²) in [6, 6.07) is 7.77. The van der Waals surface area contributed by atoms with Crippen LogP contribution in [0.2, 0.25) is 0 Å². The first-order valence-corrected chi connectivity index (χ1v) is 6.53. The summed E-state index contributed by atoms with van der Waals surface area (Å²) >= 11 is 0. The molecule has 18 heavy (non-hydrogen) atoms. The molecule has 0 radical (unpaired) electrons. The third-order valence-electron chi connectivity index (χ3n) is 3.70. The molecule has 96 valence electrons. The van der Waals surface area contributed by atoms with E-state index in [0.29, 0.717) is 5.92 Å². The number of hydrogen-bond acceptors (Lipinski definition) is 3. The monoisotopic (exact) mass is 246 g/mol. The van der Waals surface area contributed by atoms with Gasteiger partial charge in [0.25, 0.3) is 5.91 Å². The maximum atomic E-state index is 12.2. The van der Waals surface area contributed by atoms with Crippen molar-refractivity contribution in [3.8, 4) is 5.75 Å². The van der Waals surface area contributed by atoms with Crippen molar-refractivity contribution in [1.29, 1.82) is 0 Å². The van der Waals surface area contributed by atoms with Crippen molar-refractivity contribution in [2.45, 2.75) is 19.4 Å². The molecule has 1 aromatic rings. The molecule has 4 heteroatoms. The van der Waals surface area contributed by atoms with E-state index < -0.39 is 0 Å².